The Hall–Kier alpha value is -2.23. The minimum atomic E-state index is -0.999. The van der Waals surface area contributed by atoms with E-state index in [-0.39, 0.29) is 12.2 Å². The van der Waals surface area contributed by atoms with E-state index in [1.165, 1.54) is 6.07 Å². The first-order chi connectivity index (χ1) is 9.08. The first-order valence-corrected chi connectivity index (χ1v) is 5.96. The summed E-state index contributed by atoms with van der Waals surface area (Å²) in [5.74, 6) is -2.22. The van der Waals surface area contributed by atoms with Gasteiger partial charge in [-0.3, -0.25) is 9.78 Å². The number of carboxylic acids is 1. The molecule has 0 spiro atoms. The molecule has 0 bridgehead atoms. The predicted octanol–water partition coefficient (Wildman–Crippen LogP) is 2.94. The van der Waals surface area contributed by atoms with Crippen LogP contribution >= 0.6 is 0 Å². The van der Waals surface area contributed by atoms with E-state index < -0.39 is 11.9 Å². The number of aryl methyl sites for hydroxylation is 1. The molecule has 0 aliphatic rings. The van der Waals surface area contributed by atoms with Crippen LogP contribution in [0.15, 0.2) is 42.6 Å². The first-order valence-electron chi connectivity index (χ1n) is 5.96. The number of carbonyl (C=O) groups is 1. The standard InChI is InChI=1S/C15H14FNO2/c1-10-6-7-17-14(8-10)12(15(18)19)9-11-4-2-3-5-13(11)16/h2-8,12H,9H2,1H3,(H,18,19). The summed E-state index contributed by atoms with van der Waals surface area (Å²) in [7, 11) is 0. The third-order valence-electron chi connectivity index (χ3n) is 2.97. The molecule has 2 aromatic rings. The Morgan fingerprint density at radius 3 is 2.74 bits per heavy atom. The van der Waals surface area contributed by atoms with Gasteiger partial charge in [0.2, 0.25) is 0 Å². The van der Waals surface area contributed by atoms with Crippen LogP contribution in [0.3, 0.4) is 0 Å². The van der Waals surface area contributed by atoms with Crippen LogP contribution in [0.4, 0.5) is 4.39 Å². The van der Waals surface area contributed by atoms with Crippen LogP contribution in [-0.4, -0.2) is 16.1 Å². The largest absolute Gasteiger partial charge is 0.481 e. The van der Waals surface area contributed by atoms with Gasteiger partial charge in [0.25, 0.3) is 0 Å². The van der Waals surface area contributed by atoms with Gasteiger partial charge in [0.1, 0.15) is 11.7 Å². The Balaban J connectivity index is 2.32. The monoisotopic (exact) mass is 259 g/mol. The molecule has 1 aromatic carbocycles. The fourth-order valence-electron chi connectivity index (χ4n) is 1.95. The summed E-state index contributed by atoms with van der Waals surface area (Å²) >= 11 is 0. The topological polar surface area (TPSA) is 50.2 Å². The third-order valence-corrected chi connectivity index (χ3v) is 2.97. The van der Waals surface area contributed by atoms with Crippen molar-refractivity contribution in [2.45, 2.75) is 19.3 Å². The van der Waals surface area contributed by atoms with Gasteiger partial charge in [0.15, 0.2) is 0 Å². The average molecular weight is 259 g/mol. The van der Waals surface area contributed by atoms with Crippen molar-refractivity contribution in [2.24, 2.45) is 0 Å². The lowest BCUT2D eigenvalue weighted by molar-refractivity contribution is -0.138. The fraction of sp³-hybridized carbons (Fsp3) is 0.200. The van der Waals surface area contributed by atoms with Gasteiger partial charge in [-0.15, -0.1) is 0 Å². The number of aromatic nitrogens is 1. The number of benzene rings is 1. The maximum Gasteiger partial charge on any atom is 0.312 e. The first kappa shape index (κ1) is 13.2. The molecule has 98 valence electrons. The molecule has 1 unspecified atom stereocenters. The van der Waals surface area contributed by atoms with Crippen LogP contribution in [0.2, 0.25) is 0 Å². The summed E-state index contributed by atoms with van der Waals surface area (Å²) in [5.41, 5.74) is 1.78. The number of aliphatic carboxylic acids is 1. The van der Waals surface area contributed by atoms with Gasteiger partial charge in [0.05, 0.1) is 5.69 Å². The van der Waals surface area contributed by atoms with Crippen molar-refractivity contribution in [3.8, 4) is 0 Å². The molecule has 0 fully saturated rings. The van der Waals surface area contributed by atoms with E-state index in [0.29, 0.717) is 11.3 Å². The molecular formula is C15H14FNO2. The summed E-state index contributed by atoms with van der Waals surface area (Å²) in [6.07, 6.45) is 1.67. The van der Waals surface area contributed by atoms with E-state index in [4.69, 9.17) is 0 Å². The fourth-order valence-corrected chi connectivity index (χ4v) is 1.95. The summed E-state index contributed by atoms with van der Waals surface area (Å²) < 4.78 is 13.6. The average Bonchev–Trinajstić information content (AvgIpc) is 2.37. The summed E-state index contributed by atoms with van der Waals surface area (Å²) in [5, 5.41) is 9.31. The molecule has 0 saturated carbocycles. The summed E-state index contributed by atoms with van der Waals surface area (Å²) in [6, 6.07) is 9.73. The minimum Gasteiger partial charge on any atom is -0.481 e. The van der Waals surface area contributed by atoms with Gasteiger partial charge in [0, 0.05) is 6.20 Å². The van der Waals surface area contributed by atoms with E-state index in [2.05, 4.69) is 4.98 Å². The number of hydrogen-bond acceptors (Lipinski definition) is 2. The second-order valence-corrected chi connectivity index (χ2v) is 4.44. The van der Waals surface area contributed by atoms with Crippen LogP contribution in [0.25, 0.3) is 0 Å². The molecule has 1 heterocycles. The molecule has 0 radical (unpaired) electrons. The smallest absolute Gasteiger partial charge is 0.312 e. The molecular weight excluding hydrogens is 245 g/mol. The van der Waals surface area contributed by atoms with Crippen molar-refractivity contribution in [3.05, 3.63) is 65.2 Å². The van der Waals surface area contributed by atoms with Gasteiger partial charge in [-0.25, -0.2) is 4.39 Å². The Labute approximate surface area is 110 Å². The number of halogens is 1. The van der Waals surface area contributed by atoms with Crippen molar-refractivity contribution in [2.75, 3.05) is 0 Å². The molecule has 0 amide bonds. The number of pyridine rings is 1. The Morgan fingerprint density at radius 1 is 1.37 bits per heavy atom. The van der Waals surface area contributed by atoms with E-state index in [1.54, 1.807) is 36.5 Å². The van der Waals surface area contributed by atoms with Gasteiger partial charge in [-0.1, -0.05) is 18.2 Å². The zero-order chi connectivity index (χ0) is 13.8. The molecule has 0 saturated heterocycles. The second kappa shape index (κ2) is 5.61. The lowest BCUT2D eigenvalue weighted by atomic mass is 9.95. The lowest BCUT2D eigenvalue weighted by Crippen LogP contribution is -2.16. The Bertz CT molecular complexity index is 598. The molecule has 4 heteroatoms. The SMILES string of the molecule is Cc1ccnc(C(Cc2ccccc2F)C(=O)O)c1. The van der Waals surface area contributed by atoms with Crippen LogP contribution < -0.4 is 0 Å². The zero-order valence-electron chi connectivity index (χ0n) is 10.5. The van der Waals surface area contributed by atoms with Gasteiger partial charge >= 0.3 is 5.97 Å². The highest BCUT2D eigenvalue weighted by Crippen LogP contribution is 2.21. The van der Waals surface area contributed by atoms with Crippen molar-refractivity contribution < 1.29 is 14.3 Å². The lowest BCUT2D eigenvalue weighted by Gasteiger charge is -2.13. The maximum absolute atomic E-state index is 13.6. The molecule has 2 rings (SSSR count). The van der Waals surface area contributed by atoms with E-state index in [9.17, 15) is 14.3 Å². The van der Waals surface area contributed by atoms with Crippen molar-refractivity contribution in [3.63, 3.8) is 0 Å². The Morgan fingerprint density at radius 2 is 2.11 bits per heavy atom. The number of carboxylic acid groups (broad SMARTS) is 1. The van der Waals surface area contributed by atoms with Crippen molar-refractivity contribution >= 4 is 5.97 Å². The predicted molar refractivity (Wildman–Crippen MR) is 69.5 cm³/mol. The molecule has 1 N–H and O–H groups in total. The van der Waals surface area contributed by atoms with Crippen LogP contribution in [-0.2, 0) is 11.2 Å². The molecule has 0 aliphatic carbocycles. The van der Waals surface area contributed by atoms with Crippen LogP contribution in [0.1, 0.15) is 22.7 Å². The van der Waals surface area contributed by atoms with Crippen LogP contribution in [0.5, 0.6) is 0 Å². The quantitative estimate of drug-likeness (QED) is 0.918. The highest BCUT2D eigenvalue weighted by Gasteiger charge is 2.23. The van der Waals surface area contributed by atoms with Gasteiger partial charge < -0.3 is 5.11 Å². The van der Waals surface area contributed by atoms with Crippen molar-refractivity contribution in [1.82, 2.24) is 4.98 Å². The molecule has 1 atom stereocenters. The van der Waals surface area contributed by atoms with Crippen LogP contribution in [0, 0.1) is 12.7 Å². The van der Waals surface area contributed by atoms with Crippen molar-refractivity contribution in [1.29, 1.82) is 0 Å². The molecule has 0 aliphatic heterocycles. The maximum atomic E-state index is 13.6. The molecule has 19 heavy (non-hydrogen) atoms. The number of rotatable bonds is 4. The van der Waals surface area contributed by atoms with Gasteiger partial charge in [-0.2, -0.15) is 0 Å². The third kappa shape index (κ3) is 3.16. The highest BCUT2D eigenvalue weighted by atomic mass is 19.1. The molecule has 1 aromatic heterocycles. The van der Waals surface area contributed by atoms with Gasteiger partial charge in [-0.05, 0) is 42.7 Å². The second-order valence-electron chi connectivity index (χ2n) is 4.44. The molecule has 3 nitrogen and oxygen atoms in total. The number of hydrogen-bond donors (Lipinski definition) is 1. The van der Waals surface area contributed by atoms with E-state index in [0.717, 1.165) is 5.56 Å². The minimum absolute atomic E-state index is 0.0957. The Kier molecular flexibility index (Phi) is 3.90. The number of nitrogens with zero attached hydrogens (tertiary/aromatic N) is 1. The van der Waals surface area contributed by atoms with E-state index >= 15 is 0 Å². The summed E-state index contributed by atoms with van der Waals surface area (Å²) in [4.78, 5) is 15.4. The normalized spacial score (nSPS) is 12.1. The van der Waals surface area contributed by atoms with E-state index in [1.807, 2.05) is 6.92 Å². The highest BCUT2D eigenvalue weighted by molar-refractivity contribution is 5.76. The summed E-state index contributed by atoms with van der Waals surface area (Å²) in [6.45, 7) is 1.87. The zero-order valence-corrected chi connectivity index (χ0v) is 10.5.